The van der Waals surface area contributed by atoms with Gasteiger partial charge in [0.1, 0.15) is 23.9 Å². The van der Waals surface area contributed by atoms with Crippen LogP contribution in [0.5, 0.6) is 11.5 Å². The summed E-state index contributed by atoms with van der Waals surface area (Å²) in [5.41, 5.74) is 0.303. The Hall–Kier alpha value is -3.10. The van der Waals surface area contributed by atoms with Crippen molar-refractivity contribution >= 4 is 28.4 Å². The number of aromatic amines is 1. The molecular weight excluding hydrogens is 432 g/mol. The second-order valence-corrected chi connectivity index (χ2v) is 7.52. The molecule has 32 heavy (non-hydrogen) atoms. The number of nitrogens with one attached hydrogen (secondary N) is 2. The number of aromatic nitrogens is 2. The molecule has 0 aliphatic heterocycles. The highest BCUT2D eigenvalue weighted by atomic mass is 35.5. The van der Waals surface area contributed by atoms with Crippen LogP contribution in [0.4, 0.5) is 0 Å². The van der Waals surface area contributed by atoms with Crippen LogP contribution in [-0.2, 0) is 11.3 Å². The van der Waals surface area contributed by atoms with E-state index in [4.69, 9.17) is 21.1 Å². The number of halogens is 1. The summed E-state index contributed by atoms with van der Waals surface area (Å²) in [6.07, 6.45) is 0. The van der Waals surface area contributed by atoms with Crippen molar-refractivity contribution in [3.8, 4) is 11.5 Å². The van der Waals surface area contributed by atoms with E-state index in [9.17, 15) is 9.59 Å². The maximum absolute atomic E-state index is 12.3. The van der Waals surface area contributed by atoms with Crippen LogP contribution >= 0.6 is 11.6 Å². The number of ether oxygens (including phenoxy) is 2. The Kier molecular flexibility index (Phi) is 8.47. The number of H-pyrrole nitrogens is 1. The lowest BCUT2D eigenvalue weighted by Gasteiger charge is -2.19. The fraction of sp³-hybridized carbons (Fsp3) is 0.348. The minimum absolute atomic E-state index is 0.131. The van der Waals surface area contributed by atoms with Crippen LogP contribution in [0, 0.1) is 0 Å². The maximum Gasteiger partial charge on any atom is 0.258 e. The van der Waals surface area contributed by atoms with Crippen molar-refractivity contribution in [2.75, 3.05) is 32.8 Å². The predicted molar refractivity (Wildman–Crippen MR) is 124 cm³/mol. The quantitative estimate of drug-likeness (QED) is 0.429. The molecule has 3 aromatic rings. The lowest BCUT2D eigenvalue weighted by molar-refractivity contribution is -0.122. The van der Waals surface area contributed by atoms with Gasteiger partial charge in [0.05, 0.1) is 37.1 Å². The Labute approximate surface area is 191 Å². The standard InChI is InChI=1S/C23H27ClN4O4/c1-3-28(14-21-26-20-13-16(24)5-10-19(20)23(30)27-21)15-22(29)25-11-12-32-18-8-6-17(7-9-18)31-4-2/h5-10,13H,3-4,11-12,14-15H2,1-2H3,(H,25,29)(H,26,27,30). The van der Waals surface area contributed by atoms with E-state index in [2.05, 4.69) is 15.3 Å². The van der Waals surface area contributed by atoms with E-state index in [1.54, 1.807) is 18.2 Å². The molecule has 0 fully saturated rings. The van der Waals surface area contributed by atoms with Crippen LogP contribution in [-0.4, -0.2) is 53.6 Å². The molecule has 0 atom stereocenters. The molecule has 0 aliphatic carbocycles. The highest BCUT2D eigenvalue weighted by Crippen LogP contribution is 2.17. The van der Waals surface area contributed by atoms with Crippen LogP contribution in [0.2, 0.25) is 5.02 Å². The lowest BCUT2D eigenvalue weighted by Crippen LogP contribution is -2.39. The van der Waals surface area contributed by atoms with Crippen molar-refractivity contribution in [1.82, 2.24) is 20.2 Å². The van der Waals surface area contributed by atoms with Gasteiger partial charge in [-0.25, -0.2) is 4.98 Å². The van der Waals surface area contributed by atoms with Crippen molar-refractivity contribution in [2.45, 2.75) is 20.4 Å². The molecule has 0 unspecified atom stereocenters. The van der Waals surface area contributed by atoms with Gasteiger partial charge < -0.3 is 19.8 Å². The van der Waals surface area contributed by atoms with Gasteiger partial charge in [-0.3, -0.25) is 14.5 Å². The monoisotopic (exact) mass is 458 g/mol. The molecule has 9 heteroatoms. The number of rotatable bonds is 11. The van der Waals surface area contributed by atoms with Crippen molar-refractivity contribution in [2.24, 2.45) is 0 Å². The van der Waals surface area contributed by atoms with E-state index in [0.717, 1.165) is 5.75 Å². The average molecular weight is 459 g/mol. The molecule has 1 amide bonds. The summed E-state index contributed by atoms with van der Waals surface area (Å²) < 4.78 is 11.0. The molecule has 1 aromatic heterocycles. The molecule has 0 radical (unpaired) electrons. The van der Waals surface area contributed by atoms with Crippen LogP contribution in [0.3, 0.4) is 0 Å². The van der Waals surface area contributed by atoms with Gasteiger partial charge in [-0.1, -0.05) is 18.5 Å². The molecule has 3 rings (SSSR count). The molecular formula is C23H27ClN4O4. The van der Waals surface area contributed by atoms with Gasteiger partial charge in [0.25, 0.3) is 5.56 Å². The Balaban J connectivity index is 1.47. The second-order valence-electron chi connectivity index (χ2n) is 7.08. The first kappa shape index (κ1) is 23.6. The SMILES string of the molecule is CCOc1ccc(OCCNC(=O)CN(CC)Cc2nc3cc(Cl)ccc3c(=O)[nH]2)cc1. The van der Waals surface area contributed by atoms with Gasteiger partial charge in [-0.05, 0) is 55.9 Å². The average Bonchev–Trinajstić information content (AvgIpc) is 2.77. The lowest BCUT2D eigenvalue weighted by atomic mass is 10.2. The summed E-state index contributed by atoms with van der Waals surface area (Å²) >= 11 is 6.01. The van der Waals surface area contributed by atoms with Gasteiger partial charge in [0.2, 0.25) is 5.91 Å². The molecule has 170 valence electrons. The molecule has 0 aliphatic rings. The van der Waals surface area contributed by atoms with Crippen LogP contribution in [0.15, 0.2) is 47.3 Å². The highest BCUT2D eigenvalue weighted by molar-refractivity contribution is 6.31. The van der Waals surface area contributed by atoms with Crippen molar-refractivity contribution in [3.05, 3.63) is 63.7 Å². The number of benzene rings is 2. The number of amides is 1. The van der Waals surface area contributed by atoms with E-state index < -0.39 is 0 Å². The van der Waals surface area contributed by atoms with E-state index >= 15 is 0 Å². The largest absolute Gasteiger partial charge is 0.494 e. The minimum Gasteiger partial charge on any atom is -0.494 e. The molecule has 2 aromatic carbocycles. The van der Waals surface area contributed by atoms with E-state index in [1.165, 1.54) is 0 Å². The number of carbonyl (C=O) groups is 1. The number of likely N-dealkylation sites (N-methyl/N-ethyl adjacent to an activating group) is 1. The zero-order chi connectivity index (χ0) is 22.9. The number of carbonyl (C=O) groups excluding carboxylic acids is 1. The van der Waals surface area contributed by atoms with E-state index in [0.29, 0.717) is 60.3 Å². The fourth-order valence-corrected chi connectivity index (χ4v) is 3.31. The summed E-state index contributed by atoms with van der Waals surface area (Å²) in [7, 11) is 0. The van der Waals surface area contributed by atoms with Crippen LogP contribution < -0.4 is 20.3 Å². The molecule has 0 bridgehead atoms. The number of hydrogen-bond acceptors (Lipinski definition) is 6. The van der Waals surface area contributed by atoms with Crippen molar-refractivity contribution in [1.29, 1.82) is 0 Å². The summed E-state index contributed by atoms with van der Waals surface area (Å²) in [5.74, 6) is 1.86. The zero-order valence-corrected chi connectivity index (χ0v) is 18.9. The summed E-state index contributed by atoms with van der Waals surface area (Å²) in [5, 5.41) is 3.84. The third-order valence-corrected chi connectivity index (χ3v) is 4.97. The van der Waals surface area contributed by atoms with E-state index in [-0.39, 0.29) is 18.0 Å². The Bertz CT molecular complexity index is 1100. The third-order valence-electron chi connectivity index (χ3n) is 4.73. The fourth-order valence-electron chi connectivity index (χ4n) is 3.14. The summed E-state index contributed by atoms with van der Waals surface area (Å²) in [6.45, 7) is 6.36. The Morgan fingerprint density at radius 1 is 1.12 bits per heavy atom. The van der Waals surface area contributed by atoms with Crippen molar-refractivity contribution in [3.63, 3.8) is 0 Å². The number of hydrogen-bond donors (Lipinski definition) is 2. The first-order valence-corrected chi connectivity index (χ1v) is 10.9. The van der Waals surface area contributed by atoms with E-state index in [1.807, 2.05) is 43.0 Å². The Morgan fingerprint density at radius 3 is 2.53 bits per heavy atom. The molecule has 0 saturated heterocycles. The molecule has 0 spiro atoms. The van der Waals surface area contributed by atoms with Gasteiger partial charge in [0.15, 0.2) is 0 Å². The van der Waals surface area contributed by atoms with Crippen LogP contribution in [0.1, 0.15) is 19.7 Å². The highest BCUT2D eigenvalue weighted by Gasteiger charge is 2.12. The molecule has 8 nitrogen and oxygen atoms in total. The number of nitrogens with zero attached hydrogens (tertiary/aromatic N) is 2. The first-order valence-electron chi connectivity index (χ1n) is 10.5. The molecule has 0 saturated carbocycles. The third kappa shape index (κ3) is 6.70. The smallest absolute Gasteiger partial charge is 0.258 e. The normalized spacial score (nSPS) is 11.0. The topological polar surface area (TPSA) is 96.6 Å². The zero-order valence-electron chi connectivity index (χ0n) is 18.2. The minimum atomic E-state index is -0.228. The maximum atomic E-state index is 12.3. The first-order chi connectivity index (χ1) is 15.5. The van der Waals surface area contributed by atoms with Gasteiger partial charge in [-0.2, -0.15) is 0 Å². The van der Waals surface area contributed by atoms with Gasteiger partial charge in [-0.15, -0.1) is 0 Å². The Morgan fingerprint density at radius 2 is 1.84 bits per heavy atom. The van der Waals surface area contributed by atoms with Gasteiger partial charge >= 0.3 is 0 Å². The molecule has 1 heterocycles. The van der Waals surface area contributed by atoms with Crippen molar-refractivity contribution < 1.29 is 14.3 Å². The number of fused-ring (bicyclic) bond motifs is 1. The van der Waals surface area contributed by atoms with Gasteiger partial charge in [0, 0.05) is 5.02 Å². The predicted octanol–water partition coefficient (Wildman–Crippen LogP) is 2.99. The summed E-state index contributed by atoms with van der Waals surface area (Å²) in [4.78, 5) is 33.7. The molecule has 2 N–H and O–H groups in total. The van der Waals surface area contributed by atoms with Crippen LogP contribution in [0.25, 0.3) is 10.9 Å². The second kappa shape index (κ2) is 11.5. The summed E-state index contributed by atoms with van der Waals surface area (Å²) in [6, 6.07) is 12.3.